The molecule has 0 saturated carbocycles. The number of amides is 1. The molecule has 0 bridgehead atoms. The number of nitrogens with one attached hydrogen (secondary N) is 1. The maximum absolute atomic E-state index is 12.2. The molecular weight excluding hydrogens is 312 g/mol. The summed E-state index contributed by atoms with van der Waals surface area (Å²) in [6.45, 7) is 1.63. The Kier molecular flexibility index (Phi) is 4.43. The first-order chi connectivity index (χ1) is 9.82. The van der Waals surface area contributed by atoms with E-state index in [4.69, 9.17) is 5.14 Å². The summed E-state index contributed by atoms with van der Waals surface area (Å²) >= 11 is 0.987. The molecule has 1 heterocycles. The molecule has 4 N–H and O–H groups in total. The minimum absolute atomic E-state index is 0.0157. The molecule has 1 amide bonds. The number of primary sulfonamides is 1. The van der Waals surface area contributed by atoms with Gasteiger partial charge in [0, 0.05) is 11.3 Å². The normalized spacial score (nSPS) is 11.4. The van der Waals surface area contributed by atoms with Crippen LogP contribution in [0.5, 0.6) is 0 Å². The summed E-state index contributed by atoms with van der Waals surface area (Å²) < 4.78 is 22.8. The Balaban J connectivity index is 2.34. The highest BCUT2D eigenvalue weighted by Crippen LogP contribution is 2.24. The standard InChI is InChI=1S/C13H14N2O4S2/c1-8-2-3-10(9(6-8)7-16)15-13(17)12-11(4-5-20-12)21(14,18)19/h2-6,16H,7H2,1H3,(H,15,17)(H2,14,18,19). The van der Waals surface area contributed by atoms with Gasteiger partial charge in [-0.2, -0.15) is 0 Å². The average Bonchev–Trinajstić information content (AvgIpc) is 2.90. The molecular formula is C13H14N2O4S2. The predicted octanol–water partition coefficient (Wildman–Crippen LogP) is 1.45. The van der Waals surface area contributed by atoms with Crippen LogP contribution in [0.25, 0.3) is 0 Å². The van der Waals surface area contributed by atoms with Crippen LogP contribution < -0.4 is 10.5 Å². The smallest absolute Gasteiger partial charge is 0.267 e. The molecule has 0 unspecified atom stereocenters. The second-order valence-corrected chi connectivity index (χ2v) is 6.88. The number of benzene rings is 1. The number of carbonyl (C=O) groups excluding carboxylic acids is 1. The molecule has 0 atom stereocenters. The van der Waals surface area contributed by atoms with Gasteiger partial charge in [-0.1, -0.05) is 17.7 Å². The largest absolute Gasteiger partial charge is 0.392 e. The number of hydrogen-bond donors (Lipinski definition) is 3. The molecule has 6 nitrogen and oxygen atoms in total. The molecule has 0 fully saturated rings. The third-order valence-electron chi connectivity index (χ3n) is 2.82. The maximum Gasteiger partial charge on any atom is 0.267 e. The number of carbonyl (C=O) groups is 1. The minimum Gasteiger partial charge on any atom is -0.392 e. The van der Waals surface area contributed by atoms with Gasteiger partial charge in [0.05, 0.1) is 6.61 Å². The van der Waals surface area contributed by atoms with Crippen molar-refractivity contribution in [2.75, 3.05) is 5.32 Å². The van der Waals surface area contributed by atoms with E-state index in [0.29, 0.717) is 11.3 Å². The van der Waals surface area contributed by atoms with E-state index in [1.165, 1.54) is 11.4 Å². The Morgan fingerprint density at radius 3 is 2.71 bits per heavy atom. The van der Waals surface area contributed by atoms with Crippen molar-refractivity contribution < 1.29 is 18.3 Å². The molecule has 1 aromatic heterocycles. The molecule has 0 saturated heterocycles. The van der Waals surface area contributed by atoms with Crippen LogP contribution in [0.2, 0.25) is 0 Å². The van der Waals surface area contributed by atoms with Gasteiger partial charge in [-0.05, 0) is 24.4 Å². The molecule has 112 valence electrons. The Hall–Kier alpha value is -1.74. The Labute approximate surface area is 126 Å². The number of aliphatic hydroxyl groups is 1. The van der Waals surface area contributed by atoms with E-state index in [2.05, 4.69) is 5.32 Å². The topological polar surface area (TPSA) is 109 Å². The molecule has 0 aliphatic carbocycles. The third kappa shape index (κ3) is 3.48. The number of nitrogens with two attached hydrogens (primary N) is 1. The van der Waals surface area contributed by atoms with E-state index in [1.54, 1.807) is 18.2 Å². The lowest BCUT2D eigenvalue weighted by Gasteiger charge is -2.10. The highest BCUT2D eigenvalue weighted by Gasteiger charge is 2.21. The molecule has 21 heavy (non-hydrogen) atoms. The van der Waals surface area contributed by atoms with Gasteiger partial charge >= 0.3 is 0 Å². The van der Waals surface area contributed by atoms with Gasteiger partial charge in [0.1, 0.15) is 9.77 Å². The molecule has 0 aliphatic rings. The molecule has 0 radical (unpaired) electrons. The number of aliphatic hydroxyl groups excluding tert-OH is 1. The van der Waals surface area contributed by atoms with Crippen molar-refractivity contribution in [3.05, 3.63) is 45.6 Å². The Morgan fingerprint density at radius 1 is 1.38 bits per heavy atom. The number of hydrogen-bond acceptors (Lipinski definition) is 5. The first-order valence-corrected chi connectivity index (χ1v) is 8.37. The van der Waals surface area contributed by atoms with Crippen molar-refractivity contribution in [1.82, 2.24) is 0 Å². The van der Waals surface area contributed by atoms with Crippen molar-refractivity contribution in [2.45, 2.75) is 18.4 Å². The minimum atomic E-state index is -3.95. The average molecular weight is 326 g/mol. The number of thiophene rings is 1. The number of rotatable bonds is 4. The second-order valence-electron chi connectivity index (χ2n) is 4.43. The van der Waals surface area contributed by atoms with Crippen LogP contribution in [0, 0.1) is 6.92 Å². The SMILES string of the molecule is Cc1ccc(NC(=O)c2sccc2S(N)(=O)=O)c(CO)c1. The lowest BCUT2D eigenvalue weighted by molar-refractivity contribution is 0.102. The summed E-state index contributed by atoms with van der Waals surface area (Å²) in [5, 5.41) is 18.5. The lowest BCUT2D eigenvalue weighted by Crippen LogP contribution is -2.18. The van der Waals surface area contributed by atoms with Crippen LogP contribution in [0.15, 0.2) is 34.5 Å². The van der Waals surface area contributed by atoms with Gasteiger partial charge in [0.15, 0.2) is 0 Å². The van der Waals surface area contributed by atoms with E-state index in [1.807, 2.05) is 6.92 Å². The number of sulfonamides is 1. The lowest BCUT2D eigenvalue weighted by atomic mass is 10.1. The van der Waals surface area contributed by atoms with E-state index in [9.17, 15) is 18.3 Å². The fraction of sp³-hybridized carbons (Fsp3) is 0.154. The van der Waals surface area contributed by atoms with E-state index >= 15 is 0 Å². The maximum atomic E-state index is 12.2. The van der Waals surface area contributed by atoms with Crippen LogP contribution in [0.3, 0.4) is 0 Å². The molecule has 1 aromatic carbocycles. The van der Waals surface area contributed by atoms with Crippen LogP contribution in [0.4, 0.5) is 5.69 Å². The molecule has 0 aliphatic heterocycles. The zero-order valence-corrected chi connectivity index (χ0v) is 12.8. The molecule has 0 spiro atoms. The van der Waals surface area contributed by atoms with E-state index in [0.717, 1.165) is 16.9 Å². The number of aryl methyl sites for hydroxylation is 1. The molecule has 2 aromatic rings. The summed E-state index contributed by atoms with van der Waals surface area (Å²) in [7, 11) is -3.95. The summed E-state index contributed by atoms with van der Waals surface area (Å²) in [5.74, 6) is -0.576. The Bertz CT molecular complexity index is 781. The van der Waals surface area contributed by atoms with E-state index < -0.39 is 15.9 Å². The van der Waals surface area contributed by atoms with Crippen molar-refractivity contribution in [3.63, 3.8) is 0 Å². The van der Waals surface area contributed by atoms with Crippen molar-refractivity contribution in [1.29, 1.82) is 0 Å². The van der Waals surface area contributed by atoms with Gasteiger partial charge in [-0.15, -0.1) is 11.3 Å². The summed E-state index contributed by atoms with van der Waals surface area (Å²) in [5.41, 5.74) is 1.93. The van der Waals surface area contributed by atoms with Crippen LogP contribution in [0.1, 0.15) is 20.8 Å². The van der Waals surface area contributed by atoms with Gasteiger partial charge in [0.2, 0.25) is 10.0 Å². The van der Waals surface area contributed by atoms with Gasteiger partial charge in [-0.25, -0.2) is 13.6 Å². The van der Waals surface area contributed by atoms with Gasteiger partial charge < -0.3 is 10.4 Å². The Morgan fingerprint density at radius 2 is 2.10 bits per heavy atom. The predicted molar refractivity (Wildman–Crippen MR) is 80.7 cm³/mol. The molecule has 8 heteroatoms. The fourth-order valence-electron chi connectivity index (χ4n) is 1.84. The summed E-state index contributed by atoms with van der Waals surface area (Å²) in [6.07, 6.45) is 0. The third-order valence-corrected chi connectivity index (χ3v) is 4.82. The summed E-state index contributed by atoms with van der Waals surface area (Å²) in [6, 6.07) is 6.47. The number of anilines is 1. The van der Waals surface area contributed by atoms with Crippen molar-refractivity contribution in [2.24, 2.45) is 5.14 Å². The van der Waals surface area contributed by atoms with Gasteiger partial charge in [0.25, 0.3) is 5.91 Å². The zero-order chi connectivity index (χ0) is 15.6. The zero-order valence-electron chi connectivity index (χ0n) is 11.2. The highest BCUT2D eigenvalue weighted by atomic mass is 32.2. The van der Waals surface area contributed by atoms with Gasteiger partial charge in [-0.3, -0.25) is 4.79 Å². The van der Waals surface area contributed by atoms with E-state index in [-0.39, 0.29) is 16.4 Å². The highest BCUT2D eigenvalue weighted by molar-refractivity contribution is 7.89. The van der Waals surface area contributed by atoms with Crippen LogP contribution >= 0.6 is 11.3 Å². The first-order valence-electron chi connectivity index (χ1n) is 5.95. The van der Waals surface area contributed by atoms with Crippen LogP contribution in [-0.2, 0) is 16.6 Å². The second kappa shape index (κ2) is 5.94. The monoisotopic (exact) mass is 326 g/mol. The van der Waals surface area contributed by atoms with Crippen molar-refractivity contribution in [3.8, 4) is 0 Å². The summed E-state index contributed by atoms with van der Waals surface area (Å²) in [4.78, 5) is 12.0. The quantitative estimate of drug-likeness (QED) is 0.790. The first kappa shape index (κ1) is 15.6. The van der Waals surface area contributed by atoms with Crippen molar-refractivity contribution >= 4 is 33.0 Å². The molecule has 2 rings (SSSR count). The fourth-order valence-corrected chi connectivity index (χ4v) is 3.71. The van der Waals surface area contributed by atoms with Crippen LogP contribution in [-0.4, -0.2) is 19.4 Å².